The lowest BCUT2D eigenvalue weighted by atomic mass is 9.98. The van der Waals surface area contributed by atoms with Crippen LogP contribution in [0.5, 0.6) is 0 Å². The molecule has 0 unspecified atom stereocenters. The van der Waals surface area contributed by atoms with E-state index in [1.165, 1.54) is 0 Å². The number of aromatic nitrogens is 1. The summed E-state index contributed by atoms with van der Waals surface area (Å²) in [4.78, 5) is 4.77. The van der Waals surface area contributed by atoms with Crippen LogP contribution in [0.3, 0.4) is 0 Å². The van der Waals surface area contributed by atoms with Crippen molar-refractivity contribution in [1.29, 1.82) is 5.26 Å². The highest BCUT2D eigenvalue weighted by molar-refractivity contribution is 6.42. The summed E-state index contributed by atoms with van der Waals surface area (Å²) in [5, 5.41) is 12.4. The van der Waals surface area contributed by atoms with E-state index in [2.05, 4.69) is 29.7 Å². The molecule has 0 radical (unpaired) electrons. The molecule has 0 aliphatic heterocycles. The Labute approximate surface area is 242 Å². The fourth-order valence-electron chi connectivity index (χ4n) is 5.06. The van der Waals surface area contributed by atoms with Crippen LogP contribution in [0.2, 0.25) is 10.0 Å². The number of nitriles is 1. The Hall–Kier alpha value is -4.56. The molecule has 0 atom stereocenters. The van der Waals surface area contributed by atoms with Crippen LogP contribution >= 0.6 is 23.2 Å². The smallest absolute Gasteiger partial charge is 0.238 e. The van der Waals surface area contributed by atoms with Gasteiger partial charge in [-0.05, 0) is 36.2 Å². The lowest BCUT2D eigenvalue weighted by molar-refractivity contribution is 0.593. The molecule has 4 aromatic carbocycles. The molecule has 0 aliphatic rings. The second kappa shape index (κ2) is 10.9. The van der Waals surface area contributed by atoms with Crippen molar-refractivity contribution >= 4 is 46.2 Å². The third kappa shape index (κ3) is 4.71. The lowest BCUT2D eigenvalue weighted by Gasteiger charge is -2.09. The van der Waals surface area contributed by atoms with Gasteiger partial charge in [-0.1, -0.05) is 108 Å². The molecule has 2 heterocycles. The molecule has 194 valence electrons. The number of nitrogens with zero attached hydrogens (tertiary/aromatic N) is 3. The molecule has 40 heavy (non-hydrogen) atoms. The van der Waals surface area contributed by atoms with Crippen molar-refractivity contribution in [3.63, 3.8) is 0 Å². The molecule has 0 N–H and O–H groups in total. The van der Waals surface area contributed by atoms with Crippen LogP contribution in [-0.4, -0.2) is 10.8 Å². The van der Waals surface area contributed by atoms with Gasteiger partial charge in [0.2, 0.25) is 5.88 Å². The van der Waals surface area contributed by atoms with Gasteiger partial charge in [0.25, 0.3) is 0 Å². The van der Waals surface area contributed by atoms with Crippen molar-refractivity contribution in [2.24, 2.45) is 4.99 Å². The van der Waals surface area contributed by atoms with Gasteiger partial charge in [0.05, 0.1) is 10.0 Å². The van der Waals surface area contributed by atoms with E-state index in [-0.39, 0.29) is 5.88 Å². The topological polar surface area (TPSA) is 54.2 Å². The summed E-state index contributed by atoms with van der Waals surface area (Å²) in [6.45, 7) is 2.69. The zero-order chi connectivity index (χ0) is 27.6. The van der Waals surface area contributed by atoms with Crippen molar-refractivity contribution in [2.45, 2.75) is 13.5 Å². The van der Waals surface area contributed by atoms with Crippen LogP contribution in [0, 0.1) is 18.3 Å². The van der Waals surface area contributed by atoms with E-state index in [0.29, 0.717) is 27.9 Å². The number of hydrogen-bond acceptors (Lipinski definition) is 3. The van der Waals surface area contributed by atoms with Gasteiger partial charge >= 0.3 is 0 Å². The average molecular weight is 560 g/mol. The summed E-state index contributed by atoms with van der Waals surface area (Å²) in [5.41, 5.74) is 7.03. The molecule has 0 saturated heterocycles. The number of furan rings is 1. The Morgan fingerprint density at radius 2 is 1.52 bits per heavy atom. The van der Waals surface area contributed by atoms with Gasteiger partial charge in [0.15, 0.2) is 0 Å². The number of rotatable bonds is 6. The molecular weight excluding hydrogens is 537 g/mol. The molecular formula is C34H23Cl2N3O. The Kier molecular flexibility index (Phi) is 7.00. The Morgan fingerprint density at radius 3 is 2.23 bits per heavy atom. The van der Waals surface area contributed by atoms with Gasteiger partial charge in [-0.3, -0.25) is 0 Å². The minimum atomic E-state index is 0.279. The number of hydrogen-bond donors (Lipinski definition) is 0. The fourth-order valence-corrected chi connectivity index (χ4v) is 5.38. The van der Waals surface area contributed by atoms with E-state index in [9.17, 15) is 5.26 Å². The number of aliphatic imine (C=N–C) groups is 1. The van der Waals surface area contributed by atoms with E-state index in [4.69, 9.17) is 32.6 Å². The summed E-state index contributed by atoms with van der Waals surface area (Å²) < 4.78 is 8.55. The highest BCUT2D eigenvalue weighted by Crippen LogP contribution is 2.42. The normalized spacial score (nSPS) is 11.3. The Balaban J connectivity index is 1.47. The van der Waals surface area contributed by atoms with Crippen molar-refractivity contribution in [3.8, 4) is 28.5 Å². The largest absolute Gasteiger partial charge is 0.436 e. The highest BCUT2D eigenvalue weighted by Gasteiger charge is 2.23. The summed E-state index contributed by atoms with van der Waals surface area (Å²) >= 11 is 12.4. The average Bonchev–Trinajstić information content (AvgIpc) is 3.49. The lowest BCUT2D eigenvalue weighted by Crippen LogP contribution is -2.02. The molecule has 6 heteroatoms. The fraction of sp³-hybridized carbons (Fsp3) is 0.0588. The third-order valence-electron chi connectivity index (χ3n) is 7.02. The summed E-state index contributed by atoms with van der Waals surface area (Å²) in [5.74, 6) is 0.898. The third-order valence-corrected chi connectivity index (χ3v) is 7.75. The van der Waals surface area contributed by atoms with E-state index >= 15 is 0 Å². The van der Waals surface area contributed by atoms with Gasteiger partial charge in [0.1, 0.15) is 17.4 Å². The molecule has 6 aromatic rings. The maximum atomic E-state index is 10.2. The Morgan fingerprint density at radius 1 is 0.850 bits per heavy atom. The minimum Gasteiger partial charge on any atom is -0.436 e. The second-order valence-corrected chi connectivity index (χ2v) is 10.3. The van der Waals surface area contributed by atoms with Gasteiger partial charge in [-0.15, -0.1) is 0 Å². The van der Waals surface area contributed by atoms with Crippen molar-refractivity contribution in [1.82, 2.24) is 4.57 Å². The van der Waals surface area contributed by atoms with Crippen molar-refractivity contribution in [3.05, 3.63) is 136 Å². The van der Waals surface area contributed by atoms with E-state index < -0.39 is 0 Å². The molecule has 0 spiro atoms. The first-order valence-corrected chi connectivity index (χ1v) is 13.5. The van der Waals surface area contributed by atoms with Gasteiger partial charge in [-0.25, -0.2) is 4.99 Å². The van der Waals surface area contributed by atoms with Crippen LogP contribution in [0.25, 0.3) is 33.4 Å². The van der Waals surface area contributed by atoms with Crippen LogP contribution in [-0.2, 0) is 6.54 Å². The van der Waals surface area contributed by atoms with Crippen molar-refractivity contribution in [2.75, 3.05) is 0 Å². The first-order valence-electron chi connectivity index (χ1n) is 12.8. The zero-order valence-electron chi connectivity index (χ0n) is 21.6. The second-order valence-electron chi connectivity index (χ2n) is 9.44. The first kappa shape index (κ1) is 25.7. The van der Waals surface area contributed by atoms with Crippen molar-refractivity contribution < 1.29 is 4.42 Å². The molecule has 0 aliphatic carbocycles. The van der Waals surface area contributed by atoms with Crippen LogP contribution in [0.15, 0.2) is 113 Å². The molecule has 4 nitrogen and oxygen atoms in total. The standard InChI is InChI=1S/C34H23Cl2N3O/c1-22-28(26-14-8-9-15-31(26)39(22)21-23-16-17-29(35)30(36)18-23)20-38-34-27(19-37)32(24-10-4-2-5-11-24)33(40-34)25-12-6-3-7-13-25/h2-18,20H,21H2,1H3/b38-20+. The maximum absolute atomic E-state index is 10.2. The number of fused-ring (bicyclic) bond motifs is 1. The summed E-state index contributed by atoms with van der Waals surface area (Å²) in [7, 11) is 0. The molecule has 0 bridgehead atoms. The quantitative estimate of drug-likeness (QED) is 0.190. The summed E-state index contributed by atoms with van der Waals surface area (Å²) in [6.07, 6.45) is 1.80. The zero-order valence-corrected chi connectivity index (χ0v) is 23.1. The molecule has 2 aromatic heterocycles. The molecule has 6 rings (SSSR count). The predicted molar refractivity (Wildman–Crippen MR) is 164 cm³/mol. The van der Waals surface area contributed by atoms with Gasteiger partial charge in [-0.2, -0.15) is 5.26 Å². The van der Waals surface area contributed by atoms with E-state index in [1.54, 1.807) is 6.21 Å². The monoisotopic (exact) mass is 559 g/mol. The summed E-state index contributed by atoms with van der Waals surface area (Å²) in [6, 6.07) is 35.9. The number of para-hydroxylation sites is 1. The molecule has 0 fully saturated rings. The highest BCUT2D eigenvalue weighted by atomic mass is 35.5. The molecule has 0 saturated carbocycles. The SMILES string of the molecule is Cc1c(/C=N/c2oc(-c3ccccc3)c(-c3ccccc3)c2C#N)c2ccccc2n1Cc1ccc(Cl)c(Cl)c1. The van der Waals surface area contributed by atoms with E-state index in [0.717, 1.165) is 44.4 Å². The van der Waals surface area contributed by atoms with Crippen LogP contribution in [0.1, 0.15) is 22.4 Å². The number of benzene rings is 4. The number of halogens is 2. The Bertz CT molecular complexity index is 1910. The predicted octanol–water partition coefficient (Wildman–Crippen LogP) is 9.85. The minimum absolute atomic E-state index is 0.279. The van der Waals surface area contributed by atoms with Gasteiger partial charge in [0, 0.05) is 46.0 Å². The van der Waals surface area contributed by atoms with Crippen LogP contribution in [0.4, 0.5) is 5.88 Å². The maximum Gasteiger partial charge on any atom is 0.238 e. The van der Waals surface area contributed by atoms with Crippen LogP contribution < -0.4 is 0 Å². The molecule has 0 amide bonds. The van der Waals surface area contributed by atoms with Gasteiger partial charge < -0.3 is 8.98 Å². The van der Waals surface area contributed by atoms with E-state index in [1.807, 2.05) is 91.0 Å². The first-order chi connectivity index (χ1) is 19.5.